The number of fused-ring (bicyclic) bond motifs is 5. The summed E-state index contributed by atoms with van der Waals surface area (Å²) in [5.41, 5.74) is 6.49. The average molecular weight is 1670 g/mol. The smallest absolute Gasteiger partial charge is 0.410 e. The second kappa shape index (κ2) is 32.8. The Morgan fingerprint density at radius 3 is 1.08 bits per heavy atom. The molecular weight excluding hydrogens is 1560 g/mol. The normalized spacial score (nSPS) is 24.3. The number of rotatable bonds is 15. The molecule has 1 saturated carbocycles. The van der Waals surface area contributed by atoms with Crippen molar-refractivity contribution >= 4 is 88.5 Å². The van der Waals surface area contributed by atoms with Gasteiger partial charge in [0.25, 0.3) is 35.4 Å². The van der Waals surface area contributed by atoms with Crippen LogP contribution in [0.5, 0.6) is 0 Å². The Bertz CT molecular complexity index is 5080. The lowest BCUT2D eigenvalue weighted by Crippen LogP contribution is -2.64. The number of hydrogen-bond donors (Lipinski definition) is 6. The zero-order valence-electron chi connectivity index (χ0n) is 71.0. The number of likely N-dealkylation sites (tertiary alicyclic amines) is 2. The van der Waals surface area contributed by atoms with Gasteiger partial charge in [0.2, 0.25) is 17.7 Å². The summed E-state index contributed by atoms with van der Waals surface area (Å²) in [4.78, 5) is 164. The third-order valence-electron chi connectivity index (χ3n) is 24.4. The van der Waals surface area contributed by atoms with Crippen molar-refractivity contribution < 1.29 is 71.7 Å². The number of hydrogen-bond acceptors (Lipinski definition) is 21. The minimum atomic E-state index is -0.856. The number of amides is 12. The van der Waals surface area contributed by atoms with E-state index in [1.54, 1.807) is 78.1 Å². The molecule has 10 aliphatic heterocycles. The molecule has 3 aromatic carbocycles. The Morgan fingerprint density at radius 2 is 0.746 bits per heavy atom. The predicted octanol–water partition coefficient (Wildman–Crippen LogP) is 11.7. The van der Waals surface area contributed by atoms with E-state index in [0.717, 1.165) is 82.8 Å². The maximum atomic E-state index is 13.4. The Kier molecular flexibility index (Phi) is 22.8. The van der Waals surface area contributed by atoms with E-state index in [0.29, 0.717) is 117 Å². The van der Waals surface area contributed by atoms with Crippen molar-refractivity contribution in [3.8, 4) is 0 Å². The van der Waals surface area contributed by atoms with Crippen LogP contribution in [0.4, 0.5) is 31.4 Å². The van der Waals surface area contributed by atoms with Crippen LogP contribution < -0.4 is 31.9 Å². The first-order chi connectivity index (χ1) is 57.8. The van der Waals surface area contributed by atoms with E-state index in [-0.39, 0.29) is 100 Å². The van der Waals surface area contributed by atoms with E-state index in [2.05, 4.69) is 66.9 Å². The number of allylic oxidation sites excluding steroid dienone is 3. The molecule has 7 saturated heterocycles. The molecule has 1 aliphatic carbocycles. The Labute approximate surface area is 707 Å². The molecule has 644 valence electrons. The van der Waals surface area contributed by atoms with Gasteiger partial charge in [-0.25, -0.2) is 14.4 Å². The van der Waals surface area contributed by atoms with Crippen LogP contribution in [0.25, 0.3) is 0 Å². The van der Waals surface area contributed by atoms with Gasteiger partial charge in [0.1, 0.15) is 34.9 Å². The Balaban J connectivity index is 0.000000142. The summed E-state index contributed by atoms with van der Waals surface area (Å²) < 4.78 is 22.6. The molecule has 13 heterocycles. The first-order valence-electron chi connectivity index (χ1n) is 42.1. The summed E-state index contributed by atoms with van der Waals surface area (Å²) in [6.45, 7) is 34.9. The summed E-state index contributed by atoms with van der Waals surface area (Å²) in [6.07, 6.45) is 20.2. The van der Waals surface area contributed by atoms with Gasteiger partial charge in [0, 0.05) is 132 Å². The van der Waals surface area contributed by atoms with E-state index in [1.807, 2.05) is 119 Å². The van der Waals surface area contributed by atoms with Crippen LogP contribution in [0.15, 0.2) is 129 Å². The second-order valence-electron chi connectivity index (χ2n) is 37.1. The number of nitrogens with one attached hydrogen (secondary N) is 6. The number of benzene rings is 3. The average Bonchev–Trinajstić information content (AvgIpc) is 1.08. The fourth-order valence-electron chi connectivity index (χ4n) is 18.8. The Hall–Kier alpha value is -12.5. The summed E-state index contributed by atoms with van der Waals surface area (Å²) in [7, 11) is 0. The lowest BCUT2D eigenvalue weighted by molar-refractivity contribution is -0.126. The summed E-state index contributed by atoms with van der Waals surface area (Å²) in [5.74, 6) is -3.95. The third-order valence-corrected chi connectivity index (χ3v) is 24.4. The molecule has 8 fully saturated rings. The molecule has 17 rings (SSSR count). The lowest BCUT2D eigenvalue weighted by Gasteiger charge is -2.58. The predicted molar refractivity (Wildman–Crippen MR) is 447 cm³/mol. The zero-order valence-corrected chi connectivity index (χ0v) is 71.0. The molecule has 122 heavy (non-hydrogen) atoms. The lowest BCUT2D eigenvalue weighted by atomic mass is 9.61. The molecule has 7 atom stereocenters. The molecule has 0 radical (unpaired) electrons. The van der Waals surface area contributed by atoms with Gasteiger partial charge in [-0.1, -0.05) is 37.9 Å². The van der Waals surface area contributed by atoms with Gasteiger partial charge in [0.05, 0.1) is 70.1 Å². The number of imide groups is 3. The molecule has 1 spiro atoms. The molecule has 7 unspecified atom stereocenters. The number of nitrogens with zero attached hydrogens (tertiary/aromatic N) is 12. The van der Waals surface area contributed by atoms with Crippen LogP contribution in [-0.2, 0) is 48.2 Å². The largest absolute Gasteiger partial charge is 0.444 e. The van der Waals surface area contributed by atoms with Crippen molar-refractivity contribution in [2.75, 3.05) is 29.0 Å². The highest BCUT2D eigenvalue weighted by molar-refractivity contribution is 6.27. The summed E-state index contributed by atoms with van der Waals surface area (Å²) in [6, 6.07) is 13.6. The quantitative estimate of drug-likeness (QED) is 0.0411. The van der Waals surface area contributed by atoms with Crippen molar-refractivity contribution in [2.24, 2.45) is 5.41 Å². The highest BCUT2D eigenvalue weighted by Crippen LogP contribution is 2.54. The minimum absolute atomic E-state index is 0.00732. The minimum Gasteiger partial charge on any atom is -0.444 e. The van der Waals surface area contributed by atoms with Crippen molar-refractivity contribution in [3.63, 3.8) is 0 Å². The maximum absolute atomic E-state index is 13.4. The molecule has 33 nitrogen and oxygen atoms in total. The molecular formula is C89H108N18O15. The maximum Gasteiger partial charge on any atom is 0.410 e. The van der Waals surface area contributed by atoms with Crippen LogP contribution in [-0.4, -0.2) is 202 Å². The molecule has 12 amide bonds. The van der Waals surface area contributed by atoms with Crippen LogP contribution in [0.2, 0.25) is 0 Å². The van der Waals surface area contributed by atoms with E-state index in [9.17, 15) is 57.5 Å². The number of carbonyl (C=O) groups excluding carboxylic acids is 12. The highest BCUT2D eigenvalue weighted by Gasteiger charge is 2.56. The van der Waals surface area contributed by atoms with Crippen LogP contribution >= 0.6 is 0 Å². The monoisotopic (exact) mass is 1670 g/mol. The molecule has 11 aliphatic rings. The topological polar surface area (TPSA) is 378 Å². The standard InChI is InChI=1S/C30H36N6O5.C30H38N6O5.C29H34N6O5/c1-17-8-11-24(26(37)33-17)36-27(38)22-6-5-7-23(25(22)28(36)39)31-14-18-15-32-34(16-18)21-12-19-9-10-20(13-21)35(19)29(40)41-30(2,3)4;1-17-10-11-24(26(37)33-17)36-27(38)22-8-7-9-23(25(22)28(36)39)31-14-20-15-32-34(16-20)21-12-18(2)35(19(3)13-21)29(40)41-30(4,5)6;1-17-8-9-22(24(36)32-17)35-25(37)20-6-5-7-21(23(20)26(35)38)30-12-18-13-31-34(14-18)19-10-29(11-19)15-33(16-29)27(39)40-28(2,3)4/h5-7,15-16,19-21,24,31H,1,8-14H2,2-4H3,(H,33,37);7-9,15-16,18-19,21,24,31H,1,10-14H2,2-6H3,(H,33,37);5-7,13-14,19,22,30H,1,8-12,15-16H2,2-4H3,(H,32,36). The van der Waals surface area contributed by atoms with Crippen LogP contribution in [0, 0.1) is 5.41 Å². The van der Waals surface area contributed by atoms with Gasteiger partial charge < -0.3 is 60.8 Å². The van der Waals surface area contributed by atoms with Crippen molar-refractivity contribution in [1.29, 1.82) is 0 Å². The molecule has 2 bridgehead atoms. The first-order valence-corrected chi connectivity index (χ1v) is 42.1. The van der Waals surface area contributed by atoms with Crippen LogP contribution in [0.1, 0.15) is 263 Å². The van der Waals surface area contributed by atoms with Gasteiger partial charge in [0.15, 0.2) is 0 Å². The van der Waals surface area contributed by atoms with Crippen LogP contribution in [0.3, 0.4) is 0 Å². The number of aromatic nitrogens is 6. The van der Waals surface area contributed by atoms with Gasteiger partial charge in [-0.2, -0.15) is 15.3 Å². The van der Waals surface area contributed by atoms with E-state index in [4.69, 9.17) is 14.2 Å². The van der Waals surface area contributed by atoms with E-state index >= 15 is 0 Å². The number of piperidine rings is 5. The van der Waals surface area contributed by atoms with Crippen molar-refractivity contribution in [2.45, 2.75) is 263 Å². The van der Waals surface area contributed by atoms with Gasteiger partial charge in [-0.3, -0.25) is 71.9 Å². The zero-order chi connectivity index (χ0) is 87.1. The number of carbonyl (C=O) groups is 12. The van der Waals surface area contributed by atoms with E-state index in [1.165, 1.54) is 0 Å². The van der Waals surface area contributed by atoms with Gasteiger partial charge in [-0.05, 0) is 202 Å². The fraction of sp³-hybridized carbons (Fsp3) is 0.494. The second-order valence-corrected chi connectivity index (χ2v) is 37.1. The summed E-state index contributed by atoms with van der Waals surface area (Å²) >= 11 is 0. The SMILES string of the molecule is C=C1CCC(N2C(=O)c3cccc(NCc4cnn(C5CC(C)N(C(=O)OC(C)(C)C)C(C)C5)c4)c3C2=O)C(=O)N1.C=C1CCC(N2C(=O)c3cccc(NCc4cnn(C5CC6(C5)CN(C(=O)OC(C)(C)C)C6)c4)c3C2=O)C(=O)N1.C=C1CCC(N2C(=O)c3cccc(NCc4cnn(C5CC6CCC(C5)N6C(=O)OC(C)(C)C)c4)c3C2=O)C(=O)N1. The highest BCUT2D eigenvalue weighted by atomic mass is 16.6. The molecule has 6 aromatic rings. The molecule has 3 aromatic heterocycles. The number of ether oxygens (including phenoxy) is 3. The molecule has 6 N–H and O–H groups in total. The first kappa shape index (κ1) is 84.6. The summed E-state index contributed by atoms with van der Waals surface area (Å²) in [5, 5.41) is 31.6. The van der Waals surface area contributed by atoms with Gasteiger partial charge in [-0.15, -0.1) is 0 Å². The van der Waals surface area contributed by atoms with Crippen molar-refractivity contribution in [3.05, 3.63) is 179 Å². The third kappa shape index (κ3) is 17.2. The van der Waals surface area contributed by atoms with Gasteiger partial charge >= 0.3 is 18.3 Å². The Morgan fingerprint density at radius 1 is 0.426 bits per heavy atom. The number of anilines is 3. The molecule has 33 heteroatoms. The van der Waals surface area contributed by atoms with E-state index < -0.39 is 76.3 Å². The van der Waals surface area contributed by atoms with Crippen molar-refractivity contribution in [1.82, 2.24) is 74.7 Å². The fourth-order valence-corrected chi connectivity index (χ4v) is 18.8.